The zero-order chi connectivity index (χ0) is 9.19. The minimum absolute atomic E-state index is 0.664. The molecule has 4 nitrogen and oxygen atoms in total. The Morgan fingerprint density at radius 2 is 2.33 bits per heavy atom. The molecule has 1 aliphatic carbocycles. The van der Waals surface area contributed by atoms with Crippen molar-refractivity contribution in [3.63, 3.8) is 0 Å². The molecule has 62 valence electrons. The van der Waals surface area contributed by atoms with Crippen LogP contribution in [-0.4, -0.2) is 9.92 Å². The highest BCUT2D eigenvalue weighted by atomic mass is 35.5. The van der Waals surface area contributed by atoms with Crippen LogP contribution in [0.3, 0.4) is 0 Å². The van der Waals surface area contributed by atoms with Crippen LogP contribution in [0.15, 0.2) is 24.3 Å². The summed E-state index contributed by atoms with van der Waals surface area (Å²) in [5.41, 5.74) is 0. The van der Waals surface area contributed by atoms with Crippen LogP contribution in [0.1, 0.15) is 0 Å². The van der Waals surface area contributed by atoms with Gasteiger partial charge in [0.25, 0.3) is 0 Å². The largest absolute Gasteiger partial charge is 0.332 e. The number of hydrogen-bond donors (Lipinski definition) is 0. The van der Waals surface area contributed by atoms with Crippen LogP contribution in [0.4, 0.5) is 0 Å². The Bertz CT molecular complexity index is 305. The topological polar surface area (TPSA) is 66.9 Å². The monoisotopic (exact) mass is 184 g/mol. The third-order valence-corrected chi connectivity index (χ3v) is 2.10. The lowest BCUT2D eigenvalue weighted by Crippen LogP contribution is -2.37. The maximum atomic E-state index is 10.5. The van der Waals surface area contributed by atoms with Crippen LogP contribution >= 0.6 is 11.6 Å². The van der Waals surface area contributed by atoms with Gasteiger partial charge in [-0.25, -0.2) is 0 Å². The maximum absolute atomic E-state index is 10.5. The van der Waals surface area contributed by atoms with Gasteiger partial charge in [-0.05, 0) is 11.6 Å². The average Bonchev–Trinajstić information content (AvgIpc) is 2.05. The van der Waals surface area contributed by atoms with Gasteiger partial charge >= 0.3 is 5.00 Å². The van der Waals surface area contributed by atoms with E-state index in [2.05, 4.69) is 0 Å². The predicted molar refractivity (Wildman–Crippen MR) is 43.0 cm³/mol. The molecular weight excluding hydrogens is 180 g/mol. The van der Waals surface area contributed by atoms with Crippen molar-refractivity contribution >= 4 is 11.6 Å². The summed E-state index contributed by atoms with van der Waals surface area (Å²) in [5.74, 6) is -0.904. The van der Waals surface area contributed by atoms with Crippen LogP contribution in [0.5, 0.6) is 0 Å². The van der Waals surface area contributed by atoms with Gasteiger partial charge in [-0.1, -0.05) is 18.2 Å². The molecular formula is C7H5ClN2O2. The molecule has 0 fully saturated rings. The van der Waals surface area contributed by atoms with Crippen LogP contribution < -0.4 is 0 Å². The predicted octanol–water partition coefficient (Wildman–Crippen LogP) is 1.46. The quantitative estimate of drug-likeness (QED) is 0.268. The summed E-state index contributed by atoms with van der Waals surface area (Å²) in [7, 11) is 0. The third-order valence-electron chi connectivity index (χ3n) is 1.60. The molecule has 1 rings (SSSR count). The summed E-state index contributed by atoms with van der Waals surface area (Å²) >= 11 is 5.62. The van der Waals surface area contributed by atoms with Gasteiger partial charge in [-0.15, -0.1) is 0 Å². The van der Waals surface area contributed by atoms with E-state index >= 15 is 0 Å². The number of allylic oxidation sites excluding steroid dienone is 2. The van der Waals surface area contributed by atoms with E-state index < -0.39 is 15.8 Å². The van der Waals surface area contributed by atoms with Crippen molar-refractivity contribution in [3.05, 3.63) is 34.4 Å². The van der Waals surface area contributed by atoms with Crippen molar-refractivity contribution in [2.45, 2.75) is 5.00 Å². The summed E-state index contributed by atoms with van der Waals surface area (Å²) in [5, 5.41) is 19.0. The molecule has 5 heteroatoms. The number of rotatable bonds is 1. The van der Waals surface area contributed by atoms with Gasteiger partial charge in [-0.2, -0.15) is 5.26 Å². The Morgan fingerprint density at radius 3 is 2.75 bits per heavy atom. The standard InChI is InChI=1S/C7H5ClN2O2/c8-7(10(11)12)4-2-1-3-6(7)5-9/h1-4,6H. The molecule has 0 aromatic carbocycles. The molecule has 0 heterocycles. The second-order valence-corrected chi connectivity index (χ2v) is 2.94. The summed E-state index contributed by atoms with van der Waals surface area (Å²) in [4.78, 5) is 8.03. The third kappa shape index (κ3) is 1.19. The van der Waals surface area contributed by atoms with Crippen LogP contribution in [0, 0.1) is 27.4 Å². The highest BCUT2D eigenvalue weighted by Crippen LogP contribution is 2.31. The molecule has 0 spiro atoms. The van der Waals surface area contributed by atoms with E-state index in [1.54, 1.807) is 12.1 Å². The van der Waals surface area contributed by atoms with Crippen molar-refractivity contribution in [2.24, 2.45) is 5.92 Å². The van der Waals surface area contributed by atoms with E-state index in [1.165, 1.54) is 18.2 Å². The van der Waals surface area contributed by atoms with E-state index in [-0.39, 0.29) is 0 Å². The molecule has 0 bridgehead atoms. The van der Waals surface area contributed by atoms with E-state index in [1.807, 2.05) is 0 Å². The van der Waals surface area contributed by atoms with Gasteiger partial charge in [0.2, 0.25) is 0 Å². The first kappa shape index (κ1) is 8.75. The van der Waals surface area contributed by atoms with Gasteiger partial charge in [0, 0.05) is 11.0 Å². The van der Waals surface area contributed by atoms with Crippen molar-refractivity contribution in [2.75, 3.05) is 0 Å². The Balaban J connectivity index is 3.05. The fourth-order valence-electron chi connectivity index (χ4n) is 0.912. The molecule has 2 unspecified atom stereocenters. The number of nitro groups is 1. The Hall–Kier alpha value is -1.34. The molecule has 0 amide bonds. The molecule has 2 atom stereocenters. The SMILES string of the molecule is N#CC1C=CC=CC1(Cl)[N+](=O)[O-]. The lowest BCUT2D eigenvalue weighted by atomic mass is 9.96. The second-order valence-electron chi connectivity index (χ2n) is 2.34. The summed E-state index contributed by atoms with van der Waals surface area (Å²) < 4.78 is 0. The smallest absolute Gasteiger partial charge is 0.262 e. The molecule has 0 aromatic heterocycles. The summed E-state index contributed by atoms with van der Waals surface area (Å²) in [6.45, 7) is 0. The van der Waals surface area contributed by atoms with Gasteiger partial charge in [0.15, 0.2) is 5.92 Å². The van der Waals surface area contributed by atoms with E-state index in [0.29, 0.717) is 0 Å². The Morgan fingerprint density at radius 1 is 1.67 bits per heavy atom. The zero-order valence-electron chi connectivity index (χ0n) is 5.98. The minimum atomic E-state index is -1.79. The number of nitrogens with zero attached hydrogens (tertiary/aromatic N) is 2. The summed E-state index contributed by atoms with van der Waals surface area (Å²) in [6, 6.07) is 1.76. The second kappa shape index (κ2) is 2.95. The van der Waals surface area contributed by atoms with Crippen molar-refractivity contribution in [1.82, 2.24) is 0 Å². The molecule has 1 aliphatic rings. The lowest BCUT2D eigenvalue weighted by molar-refractivity contribution is -0.532. The van der Waals surface area contributed by atoms with Gasteiger partial charge in [0.1, 0.15) is 0 Å². The molecule has 0 aliphatic heterocycles. The minimum Gasteiger partial charge on any atom is -0.262 e. The number of nitriles is 1. The van der Waals surface area contributed by atoms with Gasteiger partial charge < -0.3 is 0 Å². The number of alkyl halides is 1. The molecule has 0 saturated carbocycles. The number of halogens is 1. The Kier molecular flexibility index (Phi) is 2.15. The normalized spacial score (nSPS) is 32.8. The van der Waals surface area contributed by atoms with Gasteiger partial charge in [-0.3, -0.25) is 10.1 Å². The van der Waals surface area contributed by atoms with E-state index in [9.17, 15) is 10.1 Å². The first-order valence-corrected chi connectivity index (χ1v) is 3.58. The van der Waals surface area contributed by atoms with Crippen LogP contribution in [0.25, 0.3) is 0 Å². The first-order chi connectivity index (χ1) is 5.61. The number of hydrogen-bond acceptors (Lipinski definition) is 3. The molecule has 0 aromatic rings. The lowest BCUT2D eigenvalue weighted by Gasteiger charge is -2.18. The molecule has 12 heavy (non-hydrogen) atoms. The Labute approximate surface area is 73.9 Å². The zero-order valence-corrected chi connectivity index (χ0v) is 6.73. The van der Waals surface area contributed by atoms with Crippen LogP contribution in [-0.2, 0) is 0 Å². The average molecular weight is 185 g/mol. The fourth-order valence-corrected chi connectivity index (χ4v) is 1.11. The molecule has 0 radical (unpaired) electrons. The van der Waals surface area contributed by atoms with E-state index in [4.69, 9.17) is 16.9 Å². The van der Waals surface area contributed by atoms with Crippen molar-refractivity contribution < 1.29 is 4.92 Å². The van der Waals surface area contributed by atoms with Crippen molar-refractivity contribution in [1.29, 1.82) is 5.26 Å². The first-order valence-electron chi connectivity index (χ1n) is 3.20. The molecule has 0 saturated heterocycles. The van der Waals surface area contributed by atoms with Crippen molar-refractivity contribution in [3.8, 4) is 6.07 Å². The highest BCUT2D eigenvalue weighted by Gasteiger charge is 2.46. The van der Waals surface area contributed by atoms with E-state index in [0.717, 1.165) is 0 Å². The van der Waals surface area contributed by atoms with Crippen LogP contribution in [0.2, 0.25) is 0 Å². The maximum Gasteiger partial charge on any atom is 0.332 e. The summed E-state index contributed by atoms with van der Waals surface area (Å²) in [6.07, 6.45) is 5.65. The highest BCUT2D eigenvalue weighted by molar-refractivity contribution is 6.24. The fraction of sp³-hybridized carbons (Fsp3) is 0.286. The van der Waals surface area contributed by atoms with Gasteiger partial charge in [0.05, 0.1) is 6.07 Å². The molecule has 0 N–H and O–H groups in total.